The second-order valence-electron chi connectivity index (χ2n) is 2.78. The minimum atomic E-state index is -1.33. The number of carboxylic acid groups (broad SMARTS) is 1. The van der Waals surface area contributed by atoms with E-state index in [1.165, 1.54) is 0 Å². The van der Waals surface area contributed by atoms with E-state index in [4.69, 9.17) is 10.8 Å². The van der Waals surface area contributed by atoms with Gasteiger partial charge in [0.25, 0.3) is 0 Å². The predicted octanol–water partition coefficient (Wildman–Crippen LogP) is 0.780. The number of nitrogens with two attached hydrogens (primary N) is 1. The Morgan fingerprint density at radius 3 is 2.75 bits per heavy atom. The smallest absolute Gasteiger partial charge is 0.341 e. The molecule has 0 saturated carbocycles. The quantitative estimate of drug-likeness (QED) is 0.448. The molecule has 0 saturated heterocycles. The van der Waals surface area contributed by atoms with Gasteiger partial charge in [0.2, 0.25) is 5.75 Å². The number of nitrogens with zero attached hydrogens (tertiary/aromatic N) is 1. The highest BCUT2D eigenvalue weighted by atomic mass is 19.1. The van der Waals surface area contributed by atoms with E-state index in [1.54, 1.807) is 0 Å². The van der Waals surface area contributed by atoms with E-state index in [1.807, 2.05) is 0 Å². The zero-order valence-electron chi connectivity index (χ0n) is 7.84. The van der Waals surface area contributed by atoms with Crippen molar-refractivity contribution in [1.82, 2.24) is 0 Å². The largest absolute Gasteiger partial charge is 0.479 e. The van der Waals surface area contributed by atoms with E-state index >= 15 is 0 Å². The number of carbonyl (C=O) groups is 1. The average Bonchev–Trinajstić information content (AvgIpc) is 2.18. The topological polar surface area (TPSA) is 116 Å². The van der Waals surface area contributed by atoms with Crippen LogP contribution in [0.5, 0.6) is 5.75 Å². The first-order valence-electron chi connectivity index (χ1n) is 4.00. The molecule has 0 unspecified atom stereocenters. The molecule has 0 amide bonds. The maximum absolute atomic E-state index is 13.0. The molecule has 7 nitrogen and oxygen atoms in total. The maximum Gasteiger partial charge on any atom is 0.341 e. The number of halogens is 1. The molecule has 3 N–H and O–H groups in total. The van der Waals surface area contributed by atoms with Gasteiger partial charge in [0, 0.05) is 12.1 Å². The van der Waals surface area contributed by atoms with Crippen molar-refractivity contribution in [3.8, 4) is 5.75 Å². The van der Waals surface area contributed by atoms with Crippen LogP contribution >= 0.6 is 0 Å². The fourth-order valence-electron chi connectivity index (χ4n) is 0.958. The maximum atomic E-state index is 13.0. The lowest BCUT2D eigenvalue weighted by Gasteiger charge is -2.05. The summed E-state index contributed by atoms with van der Waals surface area (Å²) in [4.78, 5) is 19.9. The first-order valence-corrected chi connectivity index (χ1v) is 4.00. The van der Waals surface area contributed by atoms with Gasteiger partial charge < -0.3 is 15.6 Å². The lowest BCUT2D eigenvalue weighted by atomic mass is 10.2. The summed E-state index contributed by atoms with van der Waals surface area (Å²) in [5.74, 6) is -2.71. The Bertz CT molecular complexity index is 448. The van der Waals surface area contributed by atoms with Gasteiger partial charge in [-0.3, -0.25) is 10.1 Å². The Balaban J connectivity index is 3.09. The molecule has 1 aromatic rings. The standard InChI is InChI=1S/C8H7FN2O5/c9-4-1-7(16-3-8(12)13)6(11(14)15)2-5(4)10/h1-2H,3,10H2,(H,12,13). The van der Waals surface area contributed by atoms with Gasteiger partial charge in [0.1, 0.15) is 5.82 Å². The summed E-state index contributed by atoms with van der Waals surface area (Å²) in [7, 11) is 0. The number of hydrogen-bond donors (Lipinski definition) is 2. The number of carboxylic acids is 1. The Morgan fingerprint density at radius 2 is 2.25 bits per heavy atom. The van der Waals surface area contributed by atoms with Gasteiger partial charge in [0.15, 0.2) is 6.61 Å². The molecular formula is C8H7FN2O5. The van der Waals surface area contributed by atoms with Gasteiger partial charge in [0.05, 0.1) is 10.6 Å². The molecule has 0 spiro atoms. The van der Waals surface area contributed by atoms with E-state index in [2.05, 4.69) is 4.74 Å². The molecule has 0 bridgehead atoms. The third-order valence-electron chi connectivity index (χ3n) is 1.63. The van der Waals surface area contributed by atoms with Gasteiger partial charge in [-0.2, -0.15) is 0 Å². The van der Waals surface area contributed by atoms with Crippen LogP contribution in [-0.4, -0.2) is 22.6 Å². The fraction of sp³-hybridized carbons (Fsp3) is 0.125. The van der Waals surface area contributed by atoms with Crippen molar-refractivity contribution in [2.45, 2.75) is 0 Å². The van der Waals surface area contributed by atoms with Crippen molar-refractivity contribution in [3.05, 3.63) is 28.1 Å². The Morgan fingerprint density at radius 1 is 1.62 bits per heavy atom. The summed E-state index contributed by atoms with van der Waals surface area (Å²) >= 11 is 0. The number of benzene rings is 1. The zero-order chi connectivity index (χ0) is 12.3. The lowest BCUT2D eigenvalue weighted by molar-refractivity contribution is -0.385. The first kappa shape index (κ1) is 11.7. The molecule has 1 aromatic carbocycles. The van der Waals surface area contributed by atoms with E-state index in [-0.39, 0.29) is 0 Å². The van der Waals surface area contributed by atoms with Gasteiger partial charge in [-0.25, -0.2) is 9.18 Å². The Labute approximate surface area is 88.4 Å². The number of nitro benzene ring substituents is 1. The van der Waals surface area contributed by atoms with Crippen LogP contribution in [0.3, 0.4) is 0 Å². The molecule has 0 aromatic heterocycles. The monoisotopic (exact) mass is 230 g/mol. The van der Waals surface area contributed by atoms with E-state index < -0.39 is 40.4 Å². The highest BCUT2D eigenvalue weighted by Crippen LogP contribution is 2.31. The van der Waals surface area contributed by atoms with Crippen LogP contribution in [0.2, 0.25) is 0 Å². The van der Waals surface area contributed by atoms with Crippen molar-refractivity contribution in [1.29, 1.82) is 0 Å². The second-order valence-corrected chi connectivity index (χ2v) is 2.78. The molecule has 0 aliphatic heterocycles. The summed E-state index contributed by atoms with van der Waals surface area (Å²) in [5.41, 5.74) is 4.14. The normalized spacial score (nSPS) is 9.81. The average molecular weight is 230 g/mol. The Kier molecular flexibility index (Phi) is 3.24. The van der Waals surface area contributed by atoms with E-state index in [0.29, 0.717) is 6.07 Å². The number of aliphatic carboxylic acids is 1. The van der Waals surface area contributed by atoms with Crippen molar-refractivity contribution in [2.24, 2.45) is 0 Å². The number of nitrogen functional groups attached to an aromatic ring is 1. The molecule has 1 rings (SSSR count). The second kappa shape index (κ2) is 4.43. The molecule has 0 aliphatic rings. The van der Waals surface area contributed by atoms with Crippen LogP contribution in [0, 0.1) is 15.9 Å². The Hall–Kier alpha value is -2.38. The van der Waals surface area contributed by atoms with E-state index in [9.17, 15) is 19.3 Å². The molecule has 0 heterocycles. The van der Waals surface area contributed by atoms with Crippen molar-refractivity contribution >= 4 is 17.3 Å². The summed E-state index contributed by atoms with van der Waals surface area (Å²) in [5, 5.41) is 18.8. The number of ether oxygens (including phenoxy) is 1. The van der Waals surface area contributed by atoms with Gasteiger partial charge in [-0.05, 0) is 0 Å². The van der Waals surface area contributed by atoms with Crippen molar-refractivity contribution in [3.63, 3.8) is 0 Å². The lowest BCUT2D eigenvalue weighted by Crippen LogP contribution is -2.11. The van der Waals surface area contributed by atoms with Crippen LogP contribution in [0.25, 0.3) is 0 Å². The number of hydrogen-bond acceptors (Lipinski definition) is 5. The predicted molar refractivity (Wildman–Crippen MR) is 50.6 cm³/mol. The molecule has 8 heteroatoms. The summed E-state index contributed by atoms with van der Waals surface area (Å²) in [6.07, 6.45) is 0. The van der Waals surface area contributed by atoms with Gasteiger partial charge in [-0.1, -0.05) is 0 Å². The summed E-state index contributed by atoms with van der Waals surface area (Å²) < 4.78 is 17.5. The molecule has 16 heavy (non-hydrogen) atoms. The molecular weight excluding hydrogens is 223 g/mol. The number of nitro groups is 1. The van der Waals surface area contributed by atoms with Crippen molar-refractivity contribution in [2.75, 3.05) is 12.3 Å². The number of rotatable bonds is 4. The van der Waals surface area contributed by atoms with Gasteiger partial charge in [-0.15, -0.1) is 0 Å². The van der Waals surface area contributed by atoms with Crippen LogP contribution < -0.4 is 10.5 Å². The SMILES string of the molecule is Nc1cc([N+](=O)[O-])c(OCC(=O)O)cc1F. The summed E-state index contributed by atoms with van der Waals surface area (Å²) in [6, 6.07) is 1.45. The van der Waals surface area contributed by atoms with E-state index in [0.717, 1.165) is 6.07 Å². The fourth-order valence-corrected chi connectivity index (χ4v) is 0.958. The van der Waals surface area contributed by atoms with Crippen LogP contribution in [0.4, 0.5) is 15.8 Å². The van der Waals surface area contributed by atoms with Gasteiger partial charge >= 0.3 is 11.7 Å². The molecule has 0 radical (unpaired) electrons. The first-order chi connectivity index (χ1) is 7.41. The number of anilines is 1. The zero-order valence-corrected chi connectivity index (χ0v) is 7.84. The molecule has 0 aliphatic carbocycles. The summed E-state index contributed by atoms with van der Waals surface area (Å²) in [6.45, 7) is -0.801. The third kappa shape index (κ3) is 2.56. The van der Waals surface area contributed by atoms with Crippen molar-refractivity contribution < 1.29 is 24.0 Å². The minimum absolute atomic E-state index is 0.408. The molecule has 86 valence electrons. The molecule has 0 atom stereocenters. The minimum Gasteiger partial charge on any atom is -0.479 e. The van der Waals surface area contributed by atoms with Crippen LogP contribution in [0.1, 0.15) is 0 Å². The highest BCUT2D eigenvalue weighted by Gasteiger charge is 2.19. The van der Waals surface area contributed by atoms with Crippen LogP contribution in [-0.2, 0) is 4.79 Å². The molecule has 0 fully saturated rings. The third-order valence-corrected chi connectivity index (χ3v) is 1.63. The highest BCUT2D eigenvalue weighted by molar-refractivity contribution is 5.69. The van der Waals surface area contributed by atoms with Crippen LogP contribution in [0.15, 0.2) is 12.1 Å².